The van der Waals surface area contributed by atoms with Crippen molar-refractivity contribution in [2.45, 2.75) is 12.6 Å². The molecule has 1 amide bonds. The predicted octanol–water partition coefficient (Wildman–Crippen LogP) is 3.66. The molecule has 28 heavy (non-hydrogen) atoms. The molecule has 1 unspecified atom stereocenters. The monoisotopic (exact) mass is 408 g/mol. The third kappa shape index (κ3) is 4.49. The van der Waals surface area contributed by atoms with Crippen molar-refractivity contribution in [3.05, 3.63) is 65.2 Å². The summed E-state index contributed by atoms with van der Waals surface area (Å²) in [4.78, 5) is 18.4. The lowest BCUT2D eigenvalue weighted by atomic mass is 9.98. The molecule has 0 saturated carbocycles. The SMILES string of the molecule is CS(=O)CCCN1C(=O)CN=C(c2ccccc2)c2cc(C(F)(F)F)ccc21. The molecule has 3 rings (SSSR count). The van der Waals surface area contributed by atoms with Gasteiger partial charge >= 0.3 is 6.18 Å². The van der Waals surface area contributed by atoms with Crippen molar-refractivity contribution in [3.8, 4) is 0 Å². The maximum Gasteiger partial charge on any atom is 0.416 e. The minimum atomic E-state index is -4.50. The van der Waals surface area contributed by atoms with Gasteiger partial charge in [-0.25, -0.2) is 0 Å². The van der Waals surface area contributed by atoms with Crippen molar-refractivity contribution in [2.24, 2.45) is 4.99 Å². The Kier molecular flexibility index (Phi) is 5.98. The van der Waals surface area contributed by atoms with E-state index in [2.05, 4.69) is 4.99 Å². The largest absolute Gasteiger partial charge is 0.416 e. The standard InChI is InChI=1S/C20H19F3N2O2S/c1-28(27)11-5-10-25-17-9-8-15(20(21,22)23)12-16(17)19(24-13-18(25)26)14-6-3-2-4-7-14/h2-4,6-9,12H,5,10-11,13H2,1H3. The Balaban J connectivity index is 2.10. The average molecular weight is 408 g/mol. The van der Waals surface area contributed by atoms with Gasteiger partial charge in [0.15, 0.2) is 0 Å². The van der Waals surface area contributed by atoms with Crippen LogP contribution in [-0.4, -0.2) is 40.9 Å². The van der Waals surface area contributed by atoms with Gasteiger partial charge in [0, 0.05) is 40.5 Å². The van der Waals surface area contributed by atoms with Gasteiger partial charge in [-0.1, -0.05) is 30.3 Å². The Morgan fingerprint density at radius 1 is 1.14 bits per heavy atom. The third-order valence-electron chi connectivity index (χ3n) is 4.40. The van der Waals surface area contributed by atoms with Crippen LogP contribution in [0.4, 0.5) is 18.9 Å². The van der Waals surface area contributed by atoms with Gasteiger partial charge < -0.3 is 4.90 Å². The van der Waals surface area contributed by atoms with E-state index in [9.17, 15) is 22.2 Å². The molecule has 1 aliphatic rings. The molecule has 1 atom stereocenters. The quantitative estimate of drug-likeness (QED) is 0.758. The highest BCUT2D eigenvalue weighted by atomic mass is 32.2. The Morgan fingerprint density at radius 2 is 1.86 bits per heavy atom. The molecule has 148 valence electrons. The van der Waals surface area contributed by atoms with Gasteiger partial charge in [-0.2, -0.15) is 13.2 Å². The fraction of sp³-hybridized carbons (Fsp3) is 0.300. The van der Waals surface area contributed by atoms with E-state index in [0.29, 0.717) is 29.1 Å². The van der Waals surface area contributed by atoms with Gasteiger partial charge in [0.2, 0.25) is 5.91 Å². The van der Waals surface area contributed by atoms with Gasteiger partial charge in [0.25, 0.3) is 0 Å². The van der Waals surface area contributed by atoms with Crippen LogP contribution < -0.4 is 4.90 Å². The first-order chi connectivity index (χ1) is 13.3. The lowest BCUT2D eigenvalue weighted by molar-refractivity contribution is -0.137. The van der Waals surface area contributed by atoms with Crippen LogP contribution in [0.2, 0.25) is 0 Å². The van der Waals surface area contributed by atoms with E-state index in [-0.39, 0.29) is 24.6 Å². The summed E-state index contributed by atoms with van der Waals surface area (Å²) in [6, 6.07) is 12.2. The molecular formula is C20H19F3N2O2S. The normalized spacial score (nSPS) is 15.6. The Labute approximate surface area is 163 Å². The zero-order chi connectivity index (χ0) is 20.3. The lowest BCUT2D eigenvalue weighted by Gasteiger charge is -2.24. The number of rotatable bonds is 5. The second kappa shape index (κ2) is 8.26. The number of benzodiazepines with no additional fused rings is 1. The number of alkyl halides is 3. The van der Waals surface area contributed by atoms with Crippen LogP contribution in [0.15, 0.2) is 53.5 Å². The van der Waals surface area contributed by atoms with E-state index in [1.165, 1.54) is 11.0 Å². The molecule has 1 aliphatic heterocycles. The van der Waals surface area contributed by atoms with Crippen LogP contribution in [0.5, 0.6) is 0 Å². The molecule has 4 nitrogen and oxygen atoms in total. The number of hydrogen-bond donors (Lipinski definition) is 0. The first-order valence-corrected chi connectivity index (χ1v) is 10.4. The number of benzene rings is 2. The summed E-state index contributed by atoms with van der Waals surface area (Å²) >= 11 is 0. The molecule has 0 aromatic heterocycles. The maximum atomic E-state index is 13.3. The molecule has 2 aromatic carbocycles. The number of aliphatic imine (C=N–C) groups is 1. The fourth-order valence-electron chi connectivity index (χ4n) is 3.10. The van der Waals surface area contributed by atoms with Crippen molar-refractivity contribution in [1.82, 2.24) is 0 Å². The summed E-state index contributed by atoms with van der Waals surface area (Å²) in [7, 11) is -1.01. The topological polar surface area (TPSA) is 49.7 Å². The molecule has 8 heteroatoms. The zero-order valence-corrected chi connectivity index (χ0v) is 16.0. The van der Waals surface area contributed by atoms with Crippen molar-refractivity contribution in [3.63, 3.8) is 0 Å². The van der Waals surface area contributed by atoms with E-state index in [4.69, 9.17) is 0 Å². The minimum Gasteiger partial charge on any atom is -0.310 e. The lowest BCUT2D eigenvalue weighted by Crippen LogP contribution is -2.34. The minimum absolute atomic E-state index is 0.157. The smallest absolute Gasteiger partial charge is 0.310 e. The van der Waals surface area contributed by atoms with Crippen molar-refractivity contribution in [1.29, 1.82) is 0 Å². The number of amides is 1. The van der Waals surface area contributed by atoms with Gasteiger partial charge in [0.05, 0.1) is 17.0 Å². The third-order valence-corrected chi connectivity index (χ3v) is 5.27. The number of anilines is 1. The van der Waals surface area contributed by atoms with E-state index in [1.807, 2.05) is 0 Å². The van der Waals surface area contributed by atoms with Crippen LogP contribution in [0, 0.1) is 0 Å². The number of carbonyl (C=O) groups excluding carboxylic acids is 1. The van der Waals surface area contributed by atoms with Gasteiger partial charge in [-0.3, -0.25) is 14.0 Å². The predicted molar refractivity (Wildman–Crippen MR) is 104 cm³/mol. The van der Waals surface area contributed by atoms with Crippen LogP contribution in [-0.2, 0) is 21.8 Å². The molecule has 0 radical (unpaired) electrons. The number of carbonyl (C=O) groups is 1. The Morgan fingerprint density at radius 3 is 2.50 bits per heavy atom. The van der Waals surface area contributed by atoms with Crippen molar-refractivity contribution in [2.75, 3.05) is 30.0 Å². The first-order valence-electron chi connectivity index (χ1n) is 8.69. The highest BCUT2D eigenvalue weighted by Gasteiger charge is 2.33. The molecule has 0 bridgehead atoms. The Hall–Kier alpha value is -2.48. The summed E-state index contributed by atoms with van der Waals surface area (Å²) < 4.78 is 51.2. The second-order valence-corrected chi connectivity index (χ2v) is 7.99. The summed E-state index contributed by atoms with van der Waals surface area (Å²) in [6.45, 7) is 0.115. The number of hydrogen-bond acceptors (Lipinski definition) is 3. The molecule has 0 fully saturated rings. The van der Waals surface area contributed by atoms with Crippen LogP contribution in [0.25, 0.3) is 0 Å². The summed E-state index contributed by atoms with van der Waals surface area (Å²) in [5, 5.41) is 0. The fourth-order valence-corrected chi connectivity index (χ4v) is 3.64. The Bertz CT molecular complexity index is 927. The van der Waals surface area contributed by atoms with Gasteiger partial charge in [0.1, 0.15) is 6.54 Å². The molecule has 0 N–H and O–H groups in total. The number of fused-ring (bicyclic) bond motifs is 1. The zero-order valence-electron chi connectivity index (χ0n) is 15.2. The first kappa shape index (κ1) is 20.3. The molecule has 0 aliphatic carbocycles. The van der Waals surface area contributed by atoms with Gasteiger partial charge in [-0.15, -0.1) is 0 Å². The van der Waals surface area contributed by atoms with Crippen LogP contribution >= 0.6 is 0 Å². The average Bonchev–Trinajstić information content (AvgIpc) is 2.78. The molecule has 1 heterocycles. The molecule has 0 saturated heterocycles. The van der Waals surface area contributed by atoms with E-state index >= 15 is 0 Å². The molecule has 0 spiro atoms. The van der Waals surface area contributed by atoms with E-state index < -0.39 is 22.5 Å². The van der Waals surface area contributed by atoms with E-state index in [0.717, 1.165) is 12.1 Å². The van der Waals surface area contributed by atoms with Crippen LogP contribution in [0.3, 0.4) is 0 Å². The second-order valence-electron chi connectivity index (χ2n) is 6.44. The molecular weight excluding hydrogens is 389 g/mol. The van der Waals surface area contributed by atoms with Crippen LogP contribution in [0.1, 0.15) is 23.1 Å². The highest BCUT2D eigenvalue weighted by molar-refractivity contribution is 7.84. The number of nitrogens with zero attached hydrogens (tertiary/aromatic N) is 2. The highest BCUT2D eigenvalue weighted by Crippen LogP contribution is 2.35. The van der Waals surface area contributed by atoms with Gasteiger partial charge in [-0.05, 0) is 24.6 Å². The summed E-state index contributed by atoms with van der Waals surface area (Å²) in [6.07, 6.45) is -2.45. The van der Waals surface area contributed by atoms with Crippen molar-refractivity contribution >= 4 is 28.1 Å². The number of halogens is 3. The summed E-state index contributed by atoms with van der Waals surface area (Å²) in [5.41, 5.74) is 0.868. The van der Waals surface area contributed by atoms with E-state index in [1.54, 1.807) is 36.6 Å². The summed E-state index contributed by atoms with van der Waals surface area (Å²) in [5.74, 6) is 0.111. The maximum absolute atomic E-state index is 13.3. The van der Waals surface area contributed by atoms with Crippen molar-refractivity contribution < 1.29 is 22.2 Å². The molecule has 2 aromatic rings.